The van der Waals surface area contributed by atoms with Crippen LogP contribution in [0.15, 0.2) is 24.3 Å². The van der Waals surface area contributed by atoms with Crippen LogP contribution in [-0.4, -0.2) is 36.6 Å². The molecule has 2 aromatic carbocycles. The van der Waals surface area contributed by atoms with E-state index in [1.54, 1.807) is 0 Å². The Labute approximate surface area is 205 Å². The monoisotopic (exact) mass is 458 g/mol. The van der Waals surface area contributed by atoms with Gasteiger partial charge in [0.2, 0.25) is 0 Å². The molecule has 0 unspecified atom stereocenters. The molecule has 6 rings (SSSR count). The highest BCUT2D eigenvalue weighted by molar-refractivity contribution is 6.62. The number of hydrogen-bond acceptors (Lipinski definition) is 4. The van der Waals surface area contributed by atoms with Gasteiger partial charge in [-0.05, 0) is 125 Å². The average Bonchev–Trinajstić information content (AvgIpc) is 3.11. The Morgan fingerprint density at radius 3 is 0.941 bits per heavy atom. The lowest BCUT2D eigenvalue weighted by Gasteiger charge is -2.32. The third-order valence-electron chi connectivity index (χ3n) is 9.28. The lowest BCUT2D eigenvalue weighted by Crippen LogP contribution is -2.41. The molecule has 0 radical (unpaired) electrons. The van der Waals surface area contributed by atoms with Crippen molar-refractivity contribution in [1.82, 2.24) is 0 Å². The molecule has 0 aromatic heterocycles. The van der Waals surface area contributed by atoms with Gasteiger partial charge in [0.1, 0.15) is 0 Å². The Bertz CT molecular complexity index is 1020. The van der Waals surface area contributed by atoms with Crippen LogP contribution in [0.4, 0.5) is 0 Å². The largest absolute Gasteiger partial charge is 0.494 e. The third-order valence-corrected chi connectivity index (χ3v) is 9.28. The maximum absolute atomic E-state index is 6.38. The number of rotatable bonds is 2. The summed E-state index contributed by atoms with van der Waals surface area (Å²) < 4.78 is 25.5. The molecular formula is C28H36B2O4. The van der Waals surface area contributed by atoms with Gasteiger partial charge in [-0.3, -0.25) is 0 Å². The van der Waals surface area contributed by atoms with Crippen LogP contribution in [0.2, 0.25) is 0 Å². The standard InChI is InChI=1S/C28H36B2O4/c1-25(2)26(3,4)32-29(31-25)21-13-17-9-11-19-15-22(30-33-27(5,6)28(7,8)34-30)16-20-12-10-18(14-21)23(17)24(19)20/h13-16H,9-12H2,1-8H3. The van der Waals surface area contributed by atoms with E-state index in [0.717, 1.165) is 36.6 Å². The summed E-state index contributed by atoms with van der Waals surface area (Å²) in [6.07, 6.45) is 4.15. The molecular weight excluding hydrogens is 422 g/mol. The van der Waals surface area contributed by atoms with Crippen molar-refractivity contribution in [2.75, 3.05) is 0 Å². The molecule has 178 valence electrons. The molecule has 0 amide bonds. The van der Waals surface area contributed by atoms with E-state index in [1.165, 1.54) is 33.4 Å². The van der Waals surface area contributed by atoms with Crippen LogP contribution in [0.3, 0.4) is 0 Å². The molecule has 0 atom stereocenters. The van der Waals surface area contributed by atoms with E-state index in [2.05, 4.69) is 79.7 Å². The summed E-state index contributed by atoms with van der Waals surface area (Å²) in [6, 6.07) is 9.34. The van der Waals surface area contributed by atoms with Crippen molar-refractivity contribution in [2.24, 2.45) is 0 Å². The summed E-state index contributed by atoms with van der Waals surface area (Å²) in [7, 11) is -0.611. The fraction of sp³-hybridized carbons (Fsp3) is 0.571. The Balaban J connectivity index is 1.38. The highest BCUT2D eigenvalue weighted by Crippen LogP contribution is 2.44. The van der Waals surface area contributed by atoms with Crippen molar-refractivity contribution in [2.45, 2.75) is 103 Å². The molecule has 0 N–H and O–H groups in total. The molecule has 2 fully saturated rings. The van der Waals surface area contributed by atoms with Crippen molar-refractivity contribution < 1.29 is 18.6 Å². The number of hydrogen-bond donors (Lipinski definition) is 0. The Morgan fingerprint density at radius 1 is 0.471 bits per heavy atom. The van der Waals surface area contributed by atoms with E-state index in [-0.39, 0.29) is 36.6 Å². The minimum Gasteiger partial charge on any atom is -0.399 e. The SMILES string of the molecule is CC1(C)OB(c2cc3c4c(c2)CCc2cc(B5OC(C)(C)C(C)(C)O5)cc(c2-4)CC3)OC1(C)C. The van der Waals surface area contributed by atoms with Crippen LogP contribution in [0.5, 0.6) is 0 Å². The van der Waals surface area contributed by atoms with E-state index in [9.17, 15) is 0 Å². The Hall–Kier alpha value is -1.59. The average molecular weight is 458 g/mol. The van der Waals surface area contributed by atoms with E-state index in [4.69, 9.17) is 18.6 Å². The lowest BCUT2D eigenvalue weighted by atomic mass is 9.67. The zero-order valence-electron chi connectivity index (χ0n) is 21.9. The maximum Gasteiger partial charge on any atom is 0.494 e. The zero-order valence-corrected chi connectivity index (χ0v) is 21.9. The molecule has 2 saturated heterocycles. The number of aryl methyl sites for hydroxylation is 4. The minimum atomic E-state index is -0.325. The van der Waals surface area contributed by atoms with Crippen LogP contribution >= 0.6 is 0 Å². The van der Waals surface area contributed by atoms with Gasteiger partial charge in [0.05, 0.1) is 22.4 Å². The molecule has 34 heavy (non-hydrogen) atoms. The predicted molar refractivity (Wildman–Crippen MR) is 138 cm³/mol. The van der Waals surface area contributed by atoms with Crippen LogP contribution < -0.4 is 10.9 Å². The Kier molecular flexibility index (Phi) is 4.70. The van der Waals surface area contributed by atoms with Crippen molar-refractivity contribution in [3.63, 3.8) is 0 Å². The second kappa shape index (κ2) is 7.00. The van der Waals surface area contributed by atoms with E-state index >= 15 is 0 Å². The van der Waals surface area contributed by atoms with Crippen molar-refractivity contribution in [3.8, 4) is 11.1 Å². The maximum atomic E-state index is 6.38. The quantitative estimate of drug-likeness (QED) is 0.634. The molecule has 2 aromatic rings. The van der Waals surface area contributed by atoms with Gasteiger partial charge in [0.15, 0.2) is 0 Å². The first kappa shape index (κ1) is 22.8. The van der Waals surface area contributed by atoms with Crippen molar-refractivity contribution >= 4 is 25.2 Å². The van der Waals surface area contributed by atoms with Crippen LogP contribution in [0.1, 0.15) is 77.6 Å². The summed E-state index contributed by atoms with van der Waals surface area (Å²) in [5.74, 6) is 0. The molecule has 0 spiro atoms. The lowest BCUT2D eigenvalue weighted by molar-refractivity contribution is 0.00578. The second-order valence-electron chi connectivity index (χ2n) is 12.6. The minimum absolute atomic E-state index is 0.305. The molecule has 2 aliphatic carbocycles. The summed E-state index contributed by atoms with van der Waals surface area (Å²) >= 11 is 0. The fourth-order valence-electron chi connectivity index (χ4n) is 5.79. The zero-order chi connectivity index (χ0) is 24.3. The molecule has 2 aliphatic heterocycles. The highest BCUT2D eigenvalue weighted by Gasteiger charge is 2.53. The third kappa shape index (κ3) is 3.22. The van der Waals surface area contributed by atoms with Gasteiger partial charge in [0.25, 0.3) is 0 Å². The smallest absolute Gasteiger partial charge is 0.399 e. The van der Waals surface area contributed by atoms with Gasteiger partial charge in [-0.15, -0.1) is 0 Å². The van der Waals surface area contributed by atoms with Crippen LogP contribution in [0, 0.1) is 0 Å². The fourth-order valence-corrected chi connectivity index (χ4v) is 5.79. The van der Waals surface area contributed by atoms with Gasteiger partial charge in [-0.1, -0.05) is 24.3 Å². The Morgan fingerprint density at radius 2 is 0.706 bits per heavy atom. The molecule has 4 aliphatic rings. The van der Waals surface area contributed by atoms with Gasteiger partial charge < -0.3 is 18.6 Å². The van der Waals surface area contributed by atoms with E-state index in [0.29, 0.717) is 0 Å². The summed E-state index contributed by atoms with van der Waals surface area (Å²) in [5, 5.41) is 0. The predicted octanol–water partition coefficient (Wildman–Crippen LogP) is 4.15. The first-order valence-corrected chi connectivity index (χ1v) is 12.8. The summed E-state index contributed by atoms with van der Waals surface area (Å²) in [4.78, 5) is 0. The summed E-state index contributed by atoms with van der Waals surface area (Å²) in [6.45, 7) is 17.0. The van der Waals surface area contributed by atoms with Crippen LogP contribution in [-0.2, 0) is 44.3 Å². The van der Waals surface area contributed by atoms with Gasteiger partial charge in [-0.2, -0.15) is 0 Å². The molecule has 0 bridgehead atoms. The normalized spacial score (nSPS) is 24.9. The van der Waals surface area contributed by atoms with Crippen molar-refractivity contribution in [3.05, 3.63) is 46.5 Å². The topological polar surface area (TPSA) is 36.9 Å². The first-order valence-electron chi connectivity index (χ1n) is 12.8. The van der Waals surface area contributed by atoms with E-state index in [1.807, 2.05) is 0 Å². The number of benzene rings is 2. The van der Waals surface area contributed by atoms with E-state index < -0.39 is 0 Å². The molecule has 4 nitrogen and oxygen atoms in total. The molecule has 0 saturated carbocycles. The van der Waals surface area contributed by atoms with Crippen LogP contribution in [0.25, 0.3) is 11.1 Å². The second-order valence-corrected chi connectivity index (χ2v) is 12.6. The molecule has 2 heterocycles. The highest BCUT2D eigenvalue weighted by atomic mass is 16.7. The van der Waals surface area contributed by atoms with Gasteiger partial charge >= 0.3 is 14.2 Å². The summed E-state index contributed by atoms with van der Waals surface area (Å²) in [5.41, 5.74) is 9.63. The first-order chi connectivity index (χ1) is 15.8. The van der Waals surface area contributed by atoms with Crippen molar-refractivity contribution in [1.29, 1.82) is 0 Å². The van der Waals surface area contributed by atoms with Gasteiger partial charge in [0, 0.05) is 0 Å². The van der Waals surface area contributed by atoms with Gasteiger partial charge in [-0.25, -0.2) is 0 Å². The molecule has 6 heteroatoms.